The van der Waals surface area contributed by atoms with E-state index in [0.717, 1.165) is 5.52 Å². The largest absolute Gasteiger partial charge is 0.433 e. The highest BCUT2D eigenvalue weighted by Gasteiger charge is 2.35. The van der Waals surface area contributed by atoms with E-state index in [9.17, 15) is 13.2 Å². The molecule has 0 unspecified atom stereocenters. The van der Waals surface area contributed by atoms with Gasteiger partial charge >= 0.3 is 6.18 Å². The Bertz CT molecular complexity index is 743. The highest BCUT2D eigenvalue weighted by molar-refractivity contribution is 5.79. The van der Waals surface area contributed by atoms with Crippen molar-refractivity contribution in [2.24, 2.45) is 0 Å². The van der Waals surface area contributed by atoms with E-state index in [2.05, 4.69) is 9.97 Å². The summed E-state index contributed by atoms with van der Waals surface area (Å²) >= 11 is 0. The fourth-order valence-electron chi connectivity index (χ4n) is 1.97. The Morgan fingerprint density at radius 1 is 1.11 bits per heavy atom. The molecule has 0 spiro atoms. The number of imidazole rings is 1. The Kier molecular flexibility index (Phi) is 2.10. The van der Waals surface area contributed by atoms with Crippen molar-refractivity contribution in [3.05, 3.63) is 41.7 Å². The molecule has 0 N–H and O–H groups in total. The van der Waals surface area contributed by atoms with Crippen LogP contribution in [0, 0.1) is 6.92 Å². The Morgan fingerprint density at radius 2 is 1.83 bits per heavy atom. The molecule has 2 heterocycles. The predicted molar refractivity (Wildman–Crippen MR) is 60.2 cm³/mol. The summed E-state index contributed by atoms with van der Waals surface area (Å²) in [6.45, 7) is 1.39. The number of para-hydroxylation sites is 2. The van der Waals surface area contributed by atoms with Gasteiger partial charge in [-0.05, 0) is 24.6 Å². The van der Waals surface area contributed by atoms with Crippen molar-refractivity contribution in [2.75, 3.05) is 0 Å². The lowest BCUT2D eigenvalue weighted by Gasteiger charge is -2.08. The van der Waals surface area contributed by atoms with Gasteiger partial charge in [0.1, 0.15) is 0 Å². The van der Waals surface area contributed by atoms with Gasteiger partial charge in [-0.15, -0.1) is 0 Å². The molecular formula is C12H8F3N3. The Labute approximate surface area is 99.9 Å². The summed E-state index contributed by atoms with van der Waals surface area (Å²) < 4.78 is 39.8. The number of fused-ring (bicyclic) bond motifs is 3. The highest BCUT2D eigenvalue weighted by Crippen LogP contribution is 2.30. The molecule has 0 aliphatic rings. The van der Waals surface area contributed by atoms with Gasteiger partial charge in [0.25, 0.3) is 0 Å². The van der Waals surface area contributed by atoms with Crippen molar-refractivity contribution in [3.8, 4) is 0 Å². The first-order chi connectivity index (χ1) is 8.47. The third-order valence-electron chi connectivity index (χ3n) is 2.75. The van der Waals surface area contributed by atoms with Gasteiger partial charge in [0, 0.05) is 6.20 Å². The molecule has 3 nitrogen and oxygen atoms in total. The Balaban J connectivity index is 2.40. The summed E-state index contributed by atoms with van der Waals surface area (Å²) in [5.74, 6) is 0.0640. The summed E-state index contributed by atoms with van der Waals surface area (Å²) in [4.78, 5) is 7.69. The van der Waals surface area contributed by atoms with Crippen LogP contribution in [0.5, 0.6) is 0 Å². The van der Waals surface area contributed by atoms with Crippen molar-refractivity contribution in [3.63, 3.8) is 0 Å². The molecule has 0 aliphatic heterocycles. The average molecular weight is 251 g/mol. The van der Waals surface area contributed by atoms with Crippen LogP contribution in [-0.4, -0.2) is 14.4 Å². The zero-order valence-electron chi connectivity index (χ0n) is 9.36. The van der Waals surface area contributed by atoms with Crippen LogP contribution in [-0.2, 0) is 6.18 Å². The second-order valence-corrected chi connectivity index (χ2v) is 4.04. The zero-order valence-corrected chi connectivity index (χ0v) is 9.36. The molecule has 0 bridgehead atoms. The van der Waals surface area contributed by atoms with Gasteiger partial charge in [-0.1, -0.05) is 12.1 Å². The first-order valence-corrected chi connectivity index (χ1v) is 5.28. The van der Waals surface area contributed by atoms with Crippen molar-refractivity contribution in [2.45, 2.75) is 13.1 Å². The van der Waals surface area contributed by atoms with Crippen LogP contribution in [0.15, 0.2) is 30.5 Å². The molecule has 3 rings (SSSR count). The third kappa shape index (κ3) is 1.53. The maximum Gasteiger partial charge on any atom is 0.433 e. The summed E-state index contributed by atoms with van der Waals surface area (Å²) in [7, 11) is 0. The molecule has 3 aromatic rings. The van der Waals surface area contributed by atoms with Crippen LogP contribution in [0.2, 0.25) is 0 Å². The fraction of sp³-hybridized carbons (Fsp3) is 0.167. The van der Waals surface area contributed by atoms with Crippen LogP contribution in [0.4, 0.5) is 13.2 Å². The normalized spacial score (nSPS) is 12.4. The topological polar surface area (TPSA) is 30.2 Å². The minimum atomic E-state index is -4.45. The highest BCUT2D eigenvalue weighted by atomic mass is 19.4. The van der Waals surface area contributed by atoms with Crippen molar-refractivity contribution < 1.29 is 13.2 Å². The molecular weight excluding hydrogens is 243 g/mol. The standard InChI is InChI=1S/C12H8F3N3/c1-7-6-18-9-5-3-2-4-8(9)16-11(18)17-10(7)12(13,14)15/h2-6H,1H3. The number of rotatable bonds is 0. The minimum absolute atomic E-state index is 0.0640. The van der Waals surface area contributed by atoms with E-state index >= 15 is 0 Å². The number of aromatic nitrogens is 3. The van der Waals surface area contributed by atoms with E-state index < -0.39 is 11.9 Å². The van der Waals surface area contributed by atoms with Crippen LogP contribution in [0.25, 0.3) is 16.8 Å². The van der Waals surface area contributed by atoms with Gasteiger partial charge < -0.3 is 0 Å². The summed E-state index contributed by atoms with van der Waals surface area (Å²) in [6.07, 6.45) is -3.04. The van der Waals surface area contributed by atoms with Crippen LogP contribution in [0.1, 0.15) is 11.3 Å². The quantitative estimate of drug-likeness (QED) is 0.614. The molecule has 18 heavy (non-hydrogen) atoms. The second-order valence-electron chi connectivity index (χ2n) is 4.04. The van der Waals surface area contributed by atoms with Crippen molar-refractivity contribution in [1.29, 1.82) is 0 Å². The van der Waals surface area contributed by atoms with Gasteiger partial charge in [-0.2, -0.15) is 13.2 Å². The number of nitrogens with zero attached hydrogens (tertiary/aromatic N) is 3. The number of alkyl halides is 3. The molecule has 1 aromatic carbocycles. The first-order valence-electron chi connectivity index (χ1n) is 5.28. The molecule has 2 aromatic heterocycles. The van der Waals surface area contributed by atoms with Gasteiger partial charge in [0.05, 0.1) is 11.0 Å². The maximum absolute atomic E-state index is 12.7. The lowest BCUT2D eigenvalue weighted by molar-refractivity contribution is -0.141. The summed E-state index contributed by atoms with van der Waals surface area (Å²) in [5.41, 5.74) is 0.573. The lowest BCUT2D eigenvalue weighted by Crippen LogP contribution is -2.12. The van der Waals surface area contributed by atoms with E-state index in [1.54, 1.807) is 22.6 Å². The number of aryl methyl sites for hydroxylation is 1. The van der Waals surface area contributed by atoms with Crippen molar-refractivity contribution in [1.82, 2.24) is 14.4 Å². The first kappa shape index (κ1) is 11.0. The molecule has 0 radical (unpaired) electrons. The second kappa shape index (κ2) is 3.44. The Morgan fingerprint density at radius 3 is 2.56 bits per heavy atom. The molecule has 0 amide bonds. The molecule has 92 valence electrons. The van der Waals surface area contributed by atoms with Crippen LogP contribution >= 0.6 is 0 Å². The monoisotopic (exact) mass is 251 g/mol. The Hall–Kier alpha value is -2.11. The smallest absolute Gasteiger partial charge is 0.283 e. The van der Waals surface area contributed by atoms with E-state index in [0.29, 0.717) is 5.52 Å². The number of benzene rings is 1. The van der Waals surface area contributed by atoms with Crippen LogP contribution in [0.3, 0.4) is 0 Å². The third-order valence-corrected chi connectivity index (χ3v) is 2.75. The summed E-state index contributed by atoms with van der Waals surface area (Å²) in [5, 5.41) is 0. The fourth-order valence-corrected chi connectivity index (χ4v) is 1.97. The lowest BCUT2D eigenvalue weighted by atomic mass is 10.2. The average Bonchev–Trinajstić information content (AvgIpc) is 2.65. The number of hydrogen-bond acceptors (Lipinski definition) is 2. The predicted octanol–water partition coefficient (Wildman–Crippen LogP) is 3.21. The molecule has 0 aliphatic carbocycles. The maximum atomic E-state index is 12.7. The van der Waals surface area contributed by atoms with Gasteiger partial charge in [0.15, 0.2) is 5.69 Å². The SMILES string of the molecule is Cc1cn2c(nc1C(F)(F)F)nc1ccccc12. The minimum Gasteiger partial charge on any atom is -0.283 e. The molecule has 0 atom stereocenters. The molecule has 0 saturated heterocycles. The molecule has 6 heteroatoms. The van der Waals surface area contributed by atoms with E-state index in [-0.39, 0.29) is 11.3 Å². The van der Waals surface area contributed by atoms with Crippen LogP contribution < -0.4 is 0 Å². The zero-order chi connectivity index (χ0) is 12.9. The summed E-state index contributed by atoms with van der Waals surface area (Å²) in [6, 6.07) is 7.13. The molecule has 0 saturated carbocycles. The number of hydrogen-bond donors (Lipinski definition) is 0. The number of halogens is 3. The van der Waals surface area contributed by atoms with Gasteiger partial charge in [-0.3, -0.25) is 4.40 Å². The van der Waals surface area contributed by atoms with E-state index in [4.69, 9.17) is 0 Å². The van der Waals surface area contributed by atoms with E-state index in [1.807, 2.05) is 6.07 Å². The van der Waals surface area contributed by atoms with Gasteiger partial charge in [-0.25, -0.2) is 9.97 Å². The van der Waals surface area contributed by atoms with Gasteiger partial charge in [0.2, 0.25) is 5.78 Å². The van der Waals surface area contributed by atoms with E-state index in [1.165, 1.54) is 13.1 Å². The van der Waals surface area contributed by atoms with Crippen molar-refractivity contribution >= 4 is 16.8 Å². The molecule has 0 fully saturated rings.